The summed E-state index contributed by atoms with van der Waals surface area (Å²) in [6.45, 7) is 7.76. The zero-order valence-electron chi connectivity index (χ0n) is 18.2. The van der Waals surface area contributed by atoms with Crippen molar-refractivity contribution in [2.45, 2.75) is 57.9 Å². The summed E-state index contributed by atoms with van der Waals surface area (Å²) >= 11 is 0. The van der Waals surface area contributed by atoms with Gasteiger partial charge in [0.15, 0.2) is 0 Å². The van der Waals surface area contributed by atoms with Gasteiger partial charge >= 0.3 is 0 Å². The molecule has 0 fully saturated rings. The third kappa shape index (κ3) is 5.79. The lowest BCUT2D eigenvalue weighted by Gasteiger charge is -2.17. The molecule has 1 aliphatic heterocycles. The molecule has 1 aliphatic rings. The van der Waals surface area contributed by atoms with Gasteiger partial charge < -0.3 is 4.57 Å². The Bertz CT molecular complexity index is 960. The zero-order valence-corrected chi connectivity index (χ0v) is 18.2. The molecule has 6 heteroatoms. The van der Waals surface area contributed by atoms with E-state index in [4.69, 9.17) is 12.8 Å². The van der Waals surface area contributed by atoms with Crippen molar-refractivity contribution < 1.29 is 4.79 Å². The van der Waals surface area contributed by atoms with Crippen molar-refractivity contribution in [1.82, 2.24) is 14.5 Å². The molecule has 5 nitrogen and oxygen atoms in total. The number of carbonyl (C=O) groups excluding carboxylic acids is 1. The second-order valence-electron chi connectivity index (χ2n) is 8.16. The van der Waals surface area contributed by atoms with E-state index < -0.39 is 0 Å². The molecule has 0 amide bonds. The highest BCUT2D eigenvalue weighted by atomic mass is 16.1. The molecule has 1 aromatic heterocycles. The summed E-state index contributed by atoms with van der Waals surface area (Å²) in [5, 5.41) is 0. The first kappa shape index (κ1) is 22.2. The minimum Gasteiger partial charge on any atom is -0.323 e. The summed E-state index contributed by atoms with van der Waals surface area (Å²) in [7, 11) is 7.93. The van der Waals surface area contributed by atoms with Gasteiger partial charge in [-0.15, -0.1) is 0 Å². The topological polar surface area (TPSA) is 50.5 Å². The summed E-state index contributed by atoms with van der Waals surface area (Å²) in [6.07, 6.45) is 9.89. The summed E-state index contributed by atoms with van der Waals surface area (Å²) < 4.78 is 2.24. The van der Waals surface area contributed by atoms with E-state index >= 15 is 0 Å². The quantitative estimate of drug-likeness (QED) is 0.489. The predicted molar refractivity (Wildman–Crippen MR) is 126 cm³/mol. The van der Waals surface area contributed by atoms with Crippen molar-refractivity contribution in [3.63, 3.8) is 0 Å². The monoisotopic (exact) mass is 402 g/mol. The van der Waals surface area contributed by atoms with Gasteiger partial charge in [0.25, 0.3) is 0 Å². The number of aliphatic imine (C=N–C) groups is 1. The molecule has 1 unspecified atom stereocenters. The van der Waals surface area contributed by atoms with Crippen LogP contribution in [0.5, 0.6) is 0 Å². The fourth-order valence-electron chi connectivity index (χ4n) is 3.75. The summed E-state index contributed by atoms with van der Waals surface area (Å²) in [6, 6.07) is 6.19. The second kappa shape index (κ2) is 10.5. The number of carbonyl (C=O) groups is 1. The van der Waals surface area contributed by atoms with Crippen molar-refractivity contribution in [1.29, 1.82) is 0 Å². The highest BCUT2D eigenvalue weighted by molar-refractivity contribution is 6.11. The van der Waals surface area contributed by atoms with Crippen molar-refractivity contribution >= 4 is 37.0 Å². The first-order valence-electron chi connectivity index (χ1n) is 10.8. The number of hydrogen-bond donors (Lipinski definition) is 0. The Morgan fingerprint density at radius 3 is 2.97 bits per heavy atom. The molecule has 2 radical (unpaired) electrons. The molecule has 2 heterocycles. The average Bonchev–Trinajstić information content (AvgIpc) is 3.36. The lowest BCUT2D eigenvalue weighted by molar-refractivity contribution is -0.120. The first-order valence-corrected chi connectivity index (χ1v) is 10.8. The fourth-order valence-corrected chi connectivity index (χ4v) is 3.75. The van der Waals surface area contributed by atoms with Gasteiger partial charge in [-0.05, 0) is 36.7 Å². The van der Waals surface area contributed by atoms with E-state index in [0.29, 0.717) is 19.5 Å². The van der Waals surface area contributed by atoms with Crippen LogP contribution >= 0.6 is 0 Å². The van der Waals surface area contributed by atoms with Crippen LogP contribution in [-0.2, 0) is 17.9 Å². The third-order valence-corrected chi connectivity index (χ3v) is 5.58. The Morgan fingerprint density at radius 2 is 2.27 bits per heavy atom. The standard InChI is InChI=1S/C24H31BN4O/c1-4-18-9-10-22-23(13-18)29(15-19-11-12-26-14-19)24(27-22)17-28(3)16-21(30)8-6-7-20(25)5-2/h4,9-10,12-14,20H,1,5-8,11,15-17H2,2-3H3. The maximum Gasteiger partial charge on any atom is 0.146 e. The Hall–Kier alpha value is -2.47. The van der Waals surface area contributed by atoms with Crippen molar-refractivity contribution in [2.75, 3.05) is 13.6 Å². The van der Waals surface area contributed by atoms with Crippen LogP contribution in [0.25, 0.3) is 17.1 Å². The van der Waals surface area contributed by atoms with Crippen LogP contribution in [0, 0.1) is 0 Å². The molecule has 0 N–H and O–H groups in total. The van der Waals surface area contributed by atoms with E-state index in [-0.39, 0.29) is 11.6 Å². The van der Waals surface area contributed by atoms with Gasteiger partial charge in [0.2, 0.25) is 0 Å². The summed E-state index contributed by atoms with van der Waals surface area (Å²) in [4.78, 5) is 23.5. The molecule has 0 aliphatic carbocycles. The molecule has 0 saturated heterocycles. The van der Waals surface area contributed by atoms with Crippen LogP contribution in [0.1, 0.15) is 50.4 Å². The van der Waals surface area contributed by atoms with Gasteiger partial charge in [-0.2, -0.15) is 0 Å². The lowest BCUT2D eigenvalue weighted by atomic mass is 9.81. The summed E-state index contributed by atoms with van der Waals surface area (Å²) in [5.74, 6) is 1.41. The molecule has 3 rings (SSSR count). The number of benzene rings is 1. The van der Waals surface area contributed by atoms with Gasteiger partial charge in [0, 0.05) is 31.8 Å². The van der Waals surface area contributed by atoms with Crippen LogP contribution in [0.15, 0.2) is 41.5 Å². The molecule has 1 aromatic carbocycles. The maximum atomic E-state index is 12.4. The van der Waals surface area contributed by atoms with Crippen LogP contribution in [-0.4, -0.2) is 47.9 Å². The lowest BCUT2D eigenvalue weighted by Crippen LogP contribution is -2.27. The number of Topliss-reactive ketones (excluding diaryl/α,β-unsaturated/α-hetero) is 1. The molecule has 30 heavy (non-hydrogen) atoms. The van der Waals surface area contributed by atoms with E-state index in [9.17, 15) is 4.79 Å². The number of hydrogen-bond acceptors (Lipinski definition) is 4. The largest absolute Gasteiger partial charge is 0.323 e. The van der Waals surface area contributed by atoms with Crippen LogP contribution in [0.3, 0.4) is 0 Å². The minimum absolute atomic E-state index is 0.199. The van der Waals surface area contributed by atoms with Gasteiger partial charge in [-0.25, -0.2) is 4.98 Å². The molecule has 0 spiro atoms. The average molecular weight is 402 g/mol. The highest BCUT2D eigenvalue weighted by Crippen LogP contribution is 2.23. The SMILES string of the molecule is [B]C(CC)CCCC(=O)CN(C)Cc1nc2ccc(C=C)cc2n1CC1=CN=CC1. The van der Waals surface area contributed by atoms with Gasteiger partial charge in [0.05, 0.1) is 32.0 Å². The number of allylic oxidation sites excluding steroid dienone is 1. The number of nitrogens with zero attached hydrogens (tertiary/aromatic N) is 4. The van der Waals surface area contributed by atoms with E-state index in [1.807, 2.05) is 42.6 Å². The number of likely N-dealkylation sites (N-methyl/N-ethyl adjacent to an activating group) is 1. The van der Waals surface area contributed by atoms with Crippen LogP contribution in [0.4, 0.5) is 0 Å². The molecule has 0 saturated carbocycles. The van der Waals surface area contributed by atoms with Crippen molar-refractivity contribution in [3.05, 3.63) is 47.9 Å². The maximum absolute atomic E-state index is 12.4. The Labute approximate surface area is 181 Å². The molecule has 0 bridgehead atoms. The number of imidazole rings is 1. The molecule has 156 valence electrons. The second-order valence-corrected chi connectivity index (χ2v) is 8.16. The summed E-state index contributed by atoms with van der Waals surface area (Å²) in [5.41, 5.74) is 4.37. The highest BCUT2D eigenvalue weighted by Gasteiger charge is 2.16. The Morgan fingerprint density at radius 1 is 1.43 bits per heavy atom. The predicted octanol–water partition coefficient (Wildman–Crippen LogP) is 4.58. The van der Waals surface area contributed by atoms with Crippen molar-refractivity contribution in [3.8, 4) is 0 Å². The van der Waals surface area contributed by atoms with Gasteiger partial charge in [-0.3, -0.25) is 14.7 Å². The van der Waals surface area contributed by atoms with Crippen molar-refractivity contribution in [2.24, 2.45) is 4.99 Å². The van der Waals surface area contributed by atoms with E-state index in [1.165, 1.54) is 5.57 Å². The Kier molecular flexibility index (Phi) is 7.80. The molecular formula is C24H31BN4O. The van der Waals surface area contributed by atoms with E-state index in [0.717, 1.165) is 54.6 Å². The number of rotatable bonds is 12. The van der Waals surface area contributed by atoms with Crippen LogP contribution < -0.4 is 0 Å². The minimum atomic E-state index is 0.199. The number of fused-ring (bicyclic) bond motifs is 1. The Balaban J connectivity index is 1.70. The number of aromatic nitrogens is 2. The van der Waals surface area contributed by atoms with E-state index in [2.05, 4.69) is 29.1 Å². The van der Waals surface area contributed by atoms with Gasteiger partial charge in [0.1, 0.15) is 11.6 Å². The van der Waals surface area contributed by atoms with Gasteiger partial charge in [-0.1, -0.05) is 44.3 Å². The molecule has 2 aromatic rings. The third-order valence-electron chi connectivity index (χ3n) is 5.58. The fraction of sp³-hybridized carbons (Fsp3) is 0.458. The normalized spacial score (nSPS) is 14.4. The zero-order chi connectivity index (χ0) is 21.5. The first-order chi connectivity index (χ1) is 14.5. The smallest absolute Gasteiger partial charge is 0.146 e. The van der Waals surface area contributed by atoms with Crippen LogP contribution in [0.2, 0.25) is 5.82 Å². The van der Waals surface area contributed by atoms with E-state index in [1.54, 1.807) is 0 Å². The number of ketones is 1. The molecule has 1 atom stereocenters. The molecular weight excluding hydrogens is 371 g/mol.